The Hall–Kier alpha value is -0.820. The first-order valence-electron chi connectivity index (χ1n) is 6.46. The third kappa shape index (κ3) is 5.66. The molecule has 6 heteroatoms. The van der Waals surface area contributed by atoms with Crippen molar-refractivity contribution in [2.45, 2.75) is 32.7 Å². The minimum atomic E-state index is -0.198. The molecule has 0 heterocycles. The molecule has 0 radical (unpaired) electrons. The molecule has 0 aliphatic carbocycles. The van der Waals surface area contributed by atoms with Gasteiger partial charge < -0.3 is 10.6 Å². The summed E-state index contributed by atoms with van der Waals surface area (Å²) in [6, 6.07) is 5.24. The van der Waals surface area contributed by atoms with Crippen LogP contribution in [0.4, 0.5) is 0 Å². The van der Waals surface area contributed by atoms with Crippen LogP contribution in [-0.4, -0.2) is 24.4 Å². The van der Waals surface area contributed by atoms with Crippen LogP contribution in [0.5, 0.6) is 0 Å². The van der Waals surface area contributed by atoms with Gasteiger partial charge in [-0.2, -0.15) is 0 Å². The van der Waals surface area contributed by atoms with E-state index in [4.69, 9.17) is 11.6 Å². The second-order valence-electron chi connectivity index (χ2n) is 4.51. The first-order valence-corrected chi connectivity index (χ1v) is 7.92. The number of nitrogens with one attached hydrogen (secondary N) is 2. The number of benzene rings is 1. The van der Waals surface area contributed by atoms with Crippen molar-refractivity contribution in [3.63, 3.8) is 0 Å². The number of rotatable bonds is 6. The maximum Gasteiger partial charge on any atom is 0.251 e. The van der Waals surface area contributed by atoms with E-state index in [1.165, 1.54) is 0 Å². The summed E-state index contributed by atoms with van der Waals surface area (Å²) < 4.78 is 0.825. The van der Waals surface area contributed by atoms with Gasteiger partial charge in [-0.05, 0) is 54.1 Å². The summed E-state index contributed by atoms with van der Waals surface area (Å²) in [5.74, 6) is -0.249. The van der Waals surface area contributed by atoms with E-state index >= 15 is 0 Å². The molecule has 1 rings (SSSR count). The molecule has 0 bridgehead atoms. The van der Waals surface area contributed by atoms with Crippen molar-refractivity contribution < 1.29 is 9.59 Å². The van der Waals surface area contributed by atoms with E-state index in [2.05, 4.69) is 33.2 Å². The minimum absolute atomic E-state index is 0.0506. The zero-order valence-electron chi connectivity index (χ0n) is 11.5. The molecule has 110 valence electrons. The van der Waals surface area contributed by atoms with Crippen LogP contribution in [0.1, 0.15) is 37.0 Å². The minimum Gasteiger partial charge on any atom is -0.354 e. The monoisotopic (exact) mass is 408 g/mol. The summed E-state index contributed by atoms with van der Waals surface area (Å²) in [5, 5.41) is 6.19. The molecule has 2 N–H and O–H groups in total. The molecule has 1 unspecified atom stereocenters. The molecule has 0 fully saturated rings. The number of carbonyl (C=O) groups excluding carboxylic acids is 2. The molecule has 0 spiro atoms. The van der Waals surface area contributed by atoms with E-state index in [0.717, 1.165) is 9.99 Å². The Labute approximate surface area is 137 Å². The Balaban J connectivity index is 2.40. The summed E-state index contributed by atoms with van der Waals surface area (Å²) in [6.45, 7) is 4.28. The molecule has 1 aromatic carbocycles. The Morgan fingerprint density at radius 2 is 2.10 bits per heavy atom. The van der Waals surface area contributed by atoms with Gasteiger partial charge in [0.25, 0.3) is 5.91 Å². The summed E-state index contributed by atoms with van der Waals surface area (Å²) in [6.07, 6.45) is 1.17. The lowest BCUT2D eigenvalue weighted by Gasteiger charge is -2.11. The van der Waals surface area contributed by atoms with Crippen LogP contribution < -0.4 is 10.6 Å². The molecular formula is C14H18ClIN2O2. The fraction of sp³-hybridized carbons (Fsp3) is 0.429. The molecule has 0 aromatic heterocycles. The summed E-state index contributed by atoms with van der Waals surface area (Å²) in [5.41, 5.74) is 0.543. The number of halogens is 2. The smallest absolute Gasteiger partial charge is 0.251 e. The molecule has 0 aliphatic rings. The molecule has 2 amide bonds. The van der Waals surface area contributed by atoms with Crippen molar-refractivity contribution in [3.05, 3.63) is 32.4 Å². The number of hydrogen-bond donors (Lipinski definition) is 2. The highest BCUT2D eigenvalue weighted by Gasteiger charge is 2.09. The van der Waals surface area contributed by atoms with Crippen molar-refractivity contribution in [2.75, 3.05) is 6.54 Å². The molecule has 0 aliphatic heterocycles. The largest absolute Gasteiger partial charge is 0.354 e. The van der Waals surface area contributed by atoms with Gasteiger partial charge in [-0.3, -0.25) is 9.59 Å². The summed E-state index contributed by atoms with van der Waals surface area (Å²) in [4.78, 5) is 23.4. The standard InChI is InChI=1S/C14H18ClIN2O2/c1-3-9(2)18-13(19)6-7-17-14(20)10-4-5-11(15)12(16)8-10/h4-5,8-9H,3,6-7H2,1-2H3,(H,17,20)(H,18,19). The second kappa shape index (κ2) is 8.46. The number of carbonyl (C=O) groups is 2. The van der Waals surface area contributed by atoms with Crippen LogP contribution in [0.3, 0.4) is 0 Å². The van der Waals surface area contributed by atoms with Crippen LogP contribution in [0.25, 0.3) is 0 Å². The normalized spacial score (nSPS) is 11.8. The van der Waals surface area contributed by atoms with Gasteiger partial charge in [0.2, 0.25) is 5.91 Å². The zero-order chi connectivity index (χ0) is 15.1. The maximum absolute atomic E-state index is 11.9. The quantitative estimate of drug-likeness (QED) is 0.711. The molecule has 0 saturated carbocycles. The van der Waals surface area contributed by atoms with Crippen LogP contribution in [0, 0.1) is 3.57 Å². The van der Waals surface area contributed by atoms with Gasteiger partial charge in [-0.15, -0.1) is 0 Å². The van der Waals surface area contributed by atoms with Gasteiger partial charge in [0.1, 0.15) is 0 Å². The fourth-order valence-electron chi connectivity index (χ4n) is 1.48. The van der Waals surface area contributed by atoms with E-state index in [0.29, 0.717) is 17.1 Å². The SMILES string of the molecule is CCC(C)NC(=O)CCNC(=O)c1ccc(Cl)c(I)c1. The Kier molecular flexibility index (Phi) is 7.29. The van der Waals surface area contributed by atoms with E-state index in [-0.39, 0.29) is 24.3 Å². The third-order valence-electron chi connectivity index (χ3n) is 2.84. The average Bonchev–Trinajstić information content (AvgIpc) is 2.41. The predicted octanol–water partition coefficient (Wildman–Crippen LogP) is 2.98. The van der Waals surface area contributed by atoms with Gasteiger partial charge in [0.05, 0.1) is 5.02 Å². The predicted molar refractivity (Wildman–Crippen MR) is 89.0 cm³/mol. The Morgan fingerprint density at radius 3 is 2.70 bits per heavy atom. The lowest BCUT2D eigenvalue weighted by molar-refractivity contribution is -0.121. The fourth-order valence-corrected chi connectivity index (χ4v) is 2.11. The molecule has 1 atom stereocenters. The topological polar surface area (TPSA) is 58.2 Å². The first-order chi connectivity index (χ1) is 9.43. The molecule has 1 aromatic rings. The molecule has 4 nitrogen and oxygen atoms in total. The highest BCUT2D eigenvalue weighted by molar-refractivity contribution is 14.1. The number of amides is 2. The van der Waals surface area contributed by atoms with Crippen molar-refractivity contribution in [3.8, 4) is 0 Å². The van der Waals surface area contributed by atoms with Crippen molar-refractivity contribution >= 4 is 46.0 Å². The maximum atomic E-state index is 11.9. The first kappa shape index (κ1) is 17.2. The highest BCUT2D eigenvalue weighted by atomic mass is 127. The Morgan fingerprint density at radius 1 is 1.40 bits per heavy atom. The lowest BCUT2D eigenvalue weighted by Crippen LogP contribution is -2.35. The highest BCUT2D eigenvalue weighted by Crippen LogP contribution is 2.19. The second-order valence-corrected chi connectivity index (χ2v) is 6.08. The summed E-state index contributed by atoms with van der Waals surface area (Å²) >= 11 is 7.97. The van der Waals surface area contributed by atoms with Crippen molar-refractivity contribution in [1.82, 2.24) is 10.6 Å². The van der Waals surface area contributed by atoms with Crippen molar-refractivity contribution in [1.29, 1.82) is 0 Å². The van der Waals surface area contributed by atoms with Crippen LogP contribution in [0.15, 0.2) is 18.2 Å². The zero-order valence-corrected chi connectivity index (χ0v) is 14.4. The van der Waals surface area contributed by atoms with Gasteiger partial charge in [-0.25, -0.2) is 0 Å². The number of hydrogen-bond acceptors (Lipinski definition) is 2. The van der Waals surface area contributed by atoms with Gasteiger partial charge in [0.15, 0.2) is 0 Å². The van der Waals surface area contributed by atoms with E-state index in [9.17, 15) is 9.59 Å². The summed E-state index contributed by atoms with van der Waals surface area (Å²) in [7, 11) is 0. The van der Waals surface area contributed by atoms with E-state index in [1.807, 2.05) is 13.8 Å². The van der Waals surface area contributed by atoms with Crippen LogP contribution in [0.2, 0.25) is 5.02 Å². The molecule has 20 heavy (non-hydrogen) atoms. The van der Waals surface area contributed by atoms with Crippen molar-refractivity contribution in [2.24, 2.45) is 0 Å². The van der Waals surface area contributed by atoms with Gasteiger partial charge in [-0.1, -0.05) is 18.5 Å². The third-order valence-corrected chi connectivity index (χ3v) is 4.38. The Bertz CT molecular complexity index is 494. The lowest BCUT2D eigenvalue weighted by atomic mass is 10.2. The van der Waals surface area contributed by atoms with Crippen LogP contribution in [-0.2, 0) is 4.79 Å². The van der Waals surface area contributed by atoms with Gasteiger partial charge in [0, 0.05) is 28.1 Å². The molecular weight excluding hydrogens is 391 g/mol. The van der Waals surface area contributed by atoms with E-state index < -0.39 is 0 Å². The van der Waals surface area contributed by atoms with Crippen LogP contribution >= 0.6 is 34.2 Å². The molecule has 0 saturated heterocycles. The van der Waals surface area contributed by atoms with E-state index in [1.54, 1.807) is 18.2 Å². The van der Waals surface area contributed by atoms with Gasteiger partial charge >= 0.3 is 0 Å². The average molecular weight is 409 g/mol.